The quantitative estimate of drug-likeness (QED) is 0.800. The summed E-state index contributed by atoms with van der Waals surface area (Å²) >= 11 is 10.7. The van der Waals surface area contributed by atoms with Crippen molar-refractivity contribution in [3.8, 4) is 0 Å². The SMILES string of the molecule is O=C([O-])Cc1cnc(NS(=O)(=O)c2sc(Cl)cc2Br)s1. The van der Waals surface area contributed by atoms with Gasteiger partial charge in [-0.05, 0) is 22.0 Å². The van der Waals surface area contributed by atoms with Crippen molar-refractivity contribution in [1.29, 1.82) is 0 Å². The molecule has 2 heterocycles. The molecule has 0 amide bonds. The number of thiazole rings is 1. The molecule has 11 heteroatoms. The monoisotopic (exact) mass is 415 g/mol. The third-order valence-electron chi connectivity index (χ3n) is 1.96. The van der Waals surface area contributed by atoms with Crippen molar-refractivity contribution >= 4 is 71.3 Å². The van der Waals surface area contributed by atoms with Crippen molar-refractivity contribution in [2.45, 2.75) is 10.6 Å². The average molecular weight is 417 g/mol. The topological polar surface area (TPSA) is 99.2 Å². The molecule has 2 aromatic rings. The Balaban J connectivity index is 2.22. The van der Waals surface area contributed by atoms with Gasteiger partial charge in [0.1, 0.15) is 0 Å². The molecular formula is C9H5BrClN2O4S3-. The lowest BCUT2D eigenvalue weighted by Gasteiger charge is -2.02. The molecule has 20 heavy (non-hydrogen) atoms. The van der Waals surface area contributed by atoms with Crippen molar-refractivity contribution < 1.29 is 18.3 Å². The van der Waals surface area contributed by atoms with Gasteiger partial charge >= 0.3 is 0 Å². The highest BCUT2D eigenvalue weighted by atomic mass is 79.9. The molecule has 0 bridgehead atoms. The molecule has 108 valence electrons. The van der Waals surface area contributed by atoms with Crippen LogP contribution in [0.1, 0.15) is 4.88 Å². The number of carboxylic acid groups (broad SMARTS) is 1. The minimum absolute atomic E-state index is 0.0270. The number of halogens is 2. The van der Waals surface area contributed by atoms with Gasteiger partial charge in [-0.25, -0.2) is 13.4 Å². The summed E-state index contributed by atoms with van der Waals surface area (Å²) in [5.74, 6) is -1.25. The highest BCUT2D eigenvalue weighted by Gasteiger charge is 2.22. The van der Waals surface area contributed by atoms with Crippen LogP contribution >= 0.6 is 50.2 Å². The fraction of sp³-hybridized carbons (Fsp3) is 0.111. The van der Waals surface area contributed by atoms with Crippen LogP contribution in [0.15, 0.2) is 20.9 Å². The van der Waals surface area contributed by atoms with E-state index in [1.807, 2.05) is 0 Å². The summed E-state index contributed by atoms with van der Waals surface area (Å²) in [6, 6.07) is 1.48. The highest BCUT2D eigenvalue weighted by molar-refractivity contribution is 9.10. The molecule has 2 rings (SSSR count). The van der Waals surface area contributed by atoms with E-state index >= 15 is 0 Å². The summed E-state index contributed by atoms with van der Waals surface area (Å²) in [6.07, 6.45) is 0.975. The number of carbonyl (C=O) groups excluding carboxylic acids is 1. The van der Waals surface area contributed by atoms with Crippen LogP contribution < -0.4 is 9.83 Å². The van der Waals surface area contributed by atoms with E-state index in [9.17, 15) is 18.3 Å². The fourth-order valence-corrected chi connectivity index (χ4v) is 6.30. The number of nitrogens with one attached hydrogen (secondary N) is 1. The van der Waals surface area contributed by atoms with E-state index in [2.05, 4.69) is 25.6 Å². The molecule has 1 N–H and O–H groups in total. The van der Waals surface area contributed by atoms with Crippen LogP contribution in [0, 0.1) is 0 Å². The van der Waals surface area contributed by atoms with Crippen LogP contribution in [0.25, 0.3) is 0 Å². The maximum atomic E-state index is 12.1. The molecule has 0 aliphatic rings. The number of carboxylic acids is 1. The molecule has 0 saturated heterocycles. The van der Waals surface area contributed by atoms with Gasteiger partial charge < -0.3 is 9.90 Å². The molecule has 0 unspecified atom stereocenters. The zero-order valence-corrected chi connectivity index (χ0v) is 14.2. The van der Waals surface area contributed by atoms with Gasteiger partial charge in [-0.1, -0.05) is 11.6 Å². The van der Waals surface area contributed by atoms with Crippen LogP contribution in [0.5, 0.6) is 0 Å². The first-order valence-electron chi connectivity index (χ1n) is 4.90. The van der Waals surface area contributed by atoms with Crippen LogP contribution in [0.2, 0.25) is 4.34 Å². The Labute approximate surface area is 135 Å². The third-order valence-corrected chi connectivity index (χ3v) is 7.29. The molecule has 2 aromatic heterocycles. The van der Waals surface area contributed by atoms with E-state index < -0.39 is 16.0 Å². The maximum Gasteiger partial charge on any atom is 0.274 e. The van der Waals surface area contributed by atoms with Gasteiger partial charge in [-0.3, -0.25) is 4.72 Å². The number of carbonyl (C=O) groups is 1. The zero-order valence-electron chi connectivity index (χ0n) is 9.42. The minimum atomic E-state index is -3.82. The Bertz CT molecular complexity index is 755. The minimum Gasteiger partial charge on any atom is -0.550 e. The van der Waals surface area contributed by atoms with Crippen molar-refractivity contribution in [3.05, 3.63) is 25.9 Å². The number of aliphatic carboxylic acids is 1. The number of anilines is 1. The number of thiophene rings is 1. The first-order valence-corrected chi connectivity index (χ1v) is 9.19. The lowest BCUT2D eigenvalue weighted by molar-refractivity contribution is -0.304. The molecule has 0 spiro atoms. The number of hydrogen-bond acceptors (Lipinski definition) is 7. The Morgan fingerprint density at radius 1 is 1.50 bits per heavy atom. The molecule has 0 saturated carbocycles. The molecule has 0 radical (unpaired) electrons. The maximum absolute atomic E-state index is 12.1. The second-order valence-corrected chi connectivity index (χ2v) is 9.00. The number of hydrogen-bond donors (Lipinski definition) is 1. The van der Waals surface area contributed by atoms with Gasteiger partial charge in [-0.15, -0.1) is 22.7 Å². The third kappa shape index (κ3) is 3.70. The summed E-state index contributed by atoms with van der Waals surface area (Å²) < 4.78 is 27.2. The fourth-order valence-electron chi connectivity index (χ4n) is 1.25. The van der Waals surface area contributed by atoms with E-state index in [0.29, 0.717) is 13.7 Å². The smallest absolute Gasteiger partial charge is 0.274 e. The molecule has 6 nitrogen and oxygen atoms in total. The summed E-state index contributed by atoms with van der Waals surface area (Å²) in [7, 11) is -3.82. The number of nitrogens with zero attached hydrogens (tertiary/aromatic N) is 1. The highest BCUT2D eigenvalue weighted by Crippen LogP contribution is 2.35. The summed E-state index contributed by atoms with van der Waals surface area (Å²) in [5, 5.41) is 10.5. The van der Waals surface area contributed by atoms with Crippen LogP contribution in [-0.4, -0.2) is 19.4 Å². The lowest BCUT2D eigenvalue weighted by atomic mass is 10.4. The Hall–Kier alpha value is -0.680. The summed E-state index contributed by atoms with van der Waals surface area (Å²) in [5.41, 5.74) is 0. The second kappa shape index (κ2) is 5.98. The molecule has 0 fully saturated rings. The predicted octanol–water partition coefficient (Wildman–Crippen LogP) is 1.71. The first-order chi connectivity index (χ1) is 9.28. The number of rotatable bonds is 5. The van der Waals surface area contributed by atoms with Gasteiger partial charge in [0.15, 0.2) is 9.34 Å². The van der Waals surface area contributed by atoms with E-state index in [-0.39, 0.29) is 15.8 Å². The van der Waals surface area contributed by atoms with Gasteiger partial charge in [0, 0.05) is 23.5 Å². The second-order valence-electron chi connectivity index (χ2n) is 3.47. The van der Waals surface area contributed by atoms with Crippen molar-refractivity contribution in [2.24, 2.45) is 0 Å². The molecule has 0 aromatic carbocycles. The van der Waals surface area contributed by atoms with E-state index in [1.165, 1.54) is 12.3 Å². The Kier molecular flexibility index (Phi) is 4.69. The molecule has 0 atom stereocenters. The normalized spacial score (nSPS) is 11.5. The summed E-state index contributed by atoms with van der Waals surface area (Å²) in [4.78, 5) is 14.6. The van der Waals surface area contributed by atoms with Crippen LogP contribution in [0.3, 0.4) is 0 Å². The van der Waals surface area contributed by atoms with Gasteiger partial charge in [0.25, 0.3) is 10.0 Å². The molecule has 0 aliphatic carbocycles. The molecule has 0 aliphatic heterocycles. The summed E-state index contributed by atoms with van der Waals surface area (Å²) in [6.45, 7) is 0. The molecular weight excluding hydrogens is 412 g/mol. The predicted molar refractivity (Wildman–Crippen MR) is 78.7 cm³/mol. The van der Waals surface area contributed by atoms with Crippen molar-refractivity contribution in [2.75, 3.05) is 4.72 Å². The first kappa shape index (κ1) is 15.7. The average Bonchev–Trinajstić information content (AvgIpc) is 2.84. The van der Waals surface area contributed by atoms with E-state index in [4.69, 9.17) is 11.6 Å². The zero-order chi connectivity index (χ0) is 14.9. The Morgan fingerprint density at radius 2 is 2.20 bits per heavy atom. The largest absolute Gasteiger partial charge is 0.550 e. The standard InChI is InChI=1S/C9H6BrClN2O4S3/c10-5-2-6(11)19-8(5)20(16,17)13-9-12-3-4(18-9)1-7(14)15/h2-3H,1H2,(H,12,13)(H,14,15)/p-1. The lowest BCUT2D eigenvalue weighted by Crippen LogP contribution is -2.23. The van der Waals surface area contributed by atoms with Crippen LogP contribution in [-0.2, 0) is 21.2 Å². The van der Waals surface area contributed by atoms with Gasteiger partial charge in [-0.2, -0.15) is 0 Å². The number of sulfonamides is 1. The van der Waals surface area contributed by atoms with Gasteiger partial charge in [0.05, 0.1) is 8.81 Å². The van der Waals surface area contributed by atoms with Gasteiger partial charge in [0.2, 0.25) is 0 Å². The van der Waals surface area contributed by atoms with Crippen molar-refractivity contribution in [3.63, 3.8) is 0 Å². The van der Waals surface area contributed by atoms with Crippen LogP contribution in [0.4, 0.5) is 5.13 Å². The number of aromatic nitrogens is 1. The van der Waals surface area contributed by atoms with E-state index in [0.717, 1.165) is 22.7 Å². The Morgan fingerprint density at radius 3 is 2.75 bits per heavy atom. The van der Waals surface area contributed by atoms with E-state index in [1.54, 1.807) is 0 Å². The van der Waals surface area contributed by atoms with Crippen molar-refractivity contribution in [1.82, 2.24) is 4.98 Å².